The molecule has 0 spiro atoms. The van der Waals surface area contributed by atoms with E-state index in [0.29, 0.717) is 0 Å². The van der Waals surface area contributed by atoms with E-state index in [0.717, 1.165) is 17.8 Å². The molecule has 3 N–H and O–H groups in total. The monoisotopic (exact) mass is 175 g/mol. The number of carbonyl (C=O) groups is 2. The minimum Gasteiger partial charge on any atom is -0.480 e. The molecule has 0 aliphatic carbocycles. The molecule has 0 aromatic heterocycles. The van der Waals surface area contributed by atoms with Gasteiger partial charge in [-0.05, 0) is 6.08 Å². The van der Waals surface area contributed by atoms with Crippen molar-refractivity contribution in [3.05, 3.63) is 12.7 Å². The molecule has 0 unspecified atom stereocenters. The van der Waals surface area contributed by atoms with Crippen LogP contribution in [0.25, 0.3) is 0 Å². The number of carboxylic acids is 1. The van der Waals surface area contributed by atoms with E-state index in [1.807, 2.05) is 0 Å². The first-order valence-electron chi connectivity index (χ1n) is 2.85. The molecule has 62 valence electrons. The van der Waals surface area contributed by atoms with Crippen LogP contribution < -0.4 is 5.73 Å². The summed E-state index contributed by atoms with van der Waals surface area (Å²) in [7, 11) is 0. The van der Waals surface area contributed by atoms with E-state index in [1.54, 1.807) is 0 Å². The van der Waals surface area contributed by atoms with Crippen LogP contribution in [0.3, 0.4) is 0 Å². The lowest BCUT2D eigenvalue weighted by Gasteiger charge is -2.01. The highest BCUT2D eigenvalue weighted by molar-refractivity contribution is 8.14. The van der Waals surface area contributed by atoms with Crippen molar-refractivity contribution in [3.8, 4) is 0 Å². The largest absolute Gasteiger partial charge is 0.480 e. The molecule has 5 heteroatoms. The summed E-state index contributed by atoms with van der Waals surface area (Å²) in [5.41, 5.74) is 5.11. The van der Waals surface area contributed by atoms with Gasteiger partial charge in [-0.15, -0.1) is 0 Å². The second-order valence-electron chi connectivity index (χ2n) is 1.78. The van der Waals surface area contributed by atoms with Crippen LogP contribution in [0.1, 0.15) is 0 Å². The molecule has 11 heavy (non-hydrogen) atoms. The molecule has 0 saturated carbocycles. The van der Waals surface area contributed by atoms with Gasteiger partial charge in [0, 0.05) is 5.75 Å². The average Bonchev–Trinajstić information content (AvgIpc) is 1.99. The Bertz CT molecular complexity index is 181. The summed E-state index contributed by atoms with van der Waals surface area (Å²) in [6.07, 6.45) is 1.12. The highest BCUT2D eigenvalue weighted by Gasteiger charge is 2.12. The van der Waals surface area contributed by atoms with E-state index >= 15 is 0 Å². The van der Waals surface area contributed by atoms with Crippen LogP contribution in [-0.4, -0.2) is 28.0 Å². The molecule has 0 rings (SSSR count). The highest BCUT2D eigenvalue weighted by atomic mass is 32.2. The normalized spacial score (nSPS) is 12.1. The summed E-state index contributed by atoms with van der Waals surface area (Å²) >= 11 is 0.850. The standard InChI is InChI=1S/C6H9NO3S/c1-2-5(8)11-3-4(7)6(9)10/h2,4H,1,3,7H2,(H,9,10)/t4-/m0/s1. The SMILES string of the molecule is C=CC(=O)SC[C@H](N)C(=O)O. The zero-order valence-corrected chi connectivity index (χ0v) is 6.63. The second kappa shape index (κ2) is 4.92. The van der Waals surface area contributed by atoms with Crippen LogP contribution in [0.5, 0.6) is 0 Å². The van der Waals surface area contributed by atoms with Gasteiger partial charge in [-0.25, -0.2) is 0 Å². The molecule has 0 aliphatic rings. The molecule has 0 heterocycles. The van der Waals surface area contributed by atoms with Gasteiger partial charge < -0.3 is 10.8 Å². The maximum absolute atomic E-state index is 10.5. The van der Waals surface area contributed by atoms with Crippen molar-refractivity contribution in [3.63, 3.8) is 0 Å². The molecular weight excluding hydrogens is 166 g/mol. The Balaban J connectivity index is 3.62. The van der Waals surface area contributed by atoms with Crippen molar-refractivity contribution in [1.29, 1.82) is 0 Å². The lowest BCUT2D eigenvalue weighted by atomic mass is 10.4. The maximum atomic E-state index is 10.5. The first-order chi connectivity index (χ1) is 5.07. The zero-order chi connectivity index (χ0) is 8.85. The maximum Gasteiger partial charge on any atom is 0.321 e. The number of thioether (sulfide) groups is 1. The van der Waals surface area contributed by atoms with Crippen LogP contribution in [0.2, 0.25) is 0 Å². The van der Waals surface area contributed by atoms with Gasteiger partial charge in [0.2, 0.25) is 5.12 Å². The summed E-state index contributed by atoms with van der Waals surface area (Å²) in [5.74, 6) is -1.02. The number of nitrogens with two attached hydrogens (primary N) is 1. The highest BCUT2D eigenvalue weighted by Crippen LogP contribution is 2.03. The Morgan fingerprint density at radius 1 is 1.73 bits per heavy atom. The van der Waals surface area contributed by atoms with E-state index in [1.165, 1.54) is 0 Å². The molecule has 0 aliphatic heterocycles. The van der Waals surface area contributed by atoms with Crippen LogP contribution in [0, 0.1) is 0 Å². The molecule has 0 aromatic carbocycles. The van der Waals surface area contributed by atoms with Crippen molar-refractivity contribution in [1.82, 2.24) is 0 Å². The minimum atomic E-state index is -1.10. The lowest BCUT2D eigenvalue weighted by Crippen LogP contribution is -2.32. The Labute approximate surface area is 68.5 Å². The van der Waals surface area contributed by atoms with Gasteiger partial charge in [-0.3, -0.25) is 9.59 Å². The van der Waals surface area contributed by atoms with E-state index in [4.69, 9.17) is 10.8 Å². The molecule has 0 amide bonds. The van der Waals surface area contributed by atoms with Crippen molar-refractivity contribution >= 4 is 22.8 Å². The van der Waals surface area contributed by atoms with E-state index in [9.17, 15) is 9.59 Å². The molecule has 1 atom stereocenters. The molecule has 0 bridgehead atoms. The summed E-state index contributed by atoms with van der Waals surface area (Å²) in [4.78, 5) is 20.7. The van der Waals surface area contributed by atoms with Crippen LogP contribution in [-0.2, 0) is 9.59 Å². The van der Waals surface area contributed by atoms with E-state index in [-0.39, 0.29) is 10.9 Å². The molecule has 0 saturated heterocycles. The first kappa shape index (κ1) is 10.2. The molecule has 0 radical (unpaired) electrons. The average molecular weight is 175 g/mol. The van der Waals surface area contributed by atoms with Gasteiger partial charge in [-0.1, -0.05) is 18.3 Å². The van der Waals surface area contributed by atoms with Gasteiger partial charge in [0.15, 0.2) is 0 Å². The molecule has 0 fully saturated rings. The number of aliphatic carboxylic acids is 1. The van der Waals surface area contributed by atoms with Crippen LogP contribution in [0.4, 0.5) is 0 Å². The van der Waals surface area contributed by atoms with Gasteiger partial charge in [0.1, 0.15) is 6.04 Å². The molecule has 4 nitrogen and oxygen atoms in total. The van der Waals surface area contributed by atoms with Crippen molar-refractivity contribution in [2.45, 2.75) is 6.04 Å². The summed E-state index contributed by atoms with van der Waals surface area (Å²) in [6, 6.07) is -0.983. The fourth-order valence-electron chi connectivity index (χ4n) is 0.302. The third-order valence-electron chi connectivity index (χ3n) is 0.889. The Morgan fingerprint density at radius 2 is 2.27 bits per heavy atom. The molecular formula is C6H9NO3S. The third kappa shape index (κ3) is 4.58. The van der Waals surface area contributed by atoms with Crippen molar-refractivity contribution in [2.24, 2.45) is 5.73 Å². The van der Waals surface area contributed by atoms with Crippen LogP contribution >= 0.6 is 11.8 Å². The smallest absolute Gasteiger partial charge is 0.321 e. The van der Waals surface area contributed by atoms with E-state index in [2.05, 4.69) is 6.58 Å². The third-order valence-corrected chi connectivity index (χ3v) is 1.87. The van der Waals surface area contributed by atoms with Crippen molar-refractivity contribution < 1.29 is 14.7 Å². The lowest BCUT2D eigenvalue weighted by molar-refractivity contribution is -0.137. The number of hydrogen-bond donors (Lipinski definition) is 2. The van der Waals surface area contributed by atoms with Gasteiger partial charge in [0.25, 0.3) is 0 Å². The summed E-state index contributed by atoms with van der Waals surface area (Å²) in [6.45, 7) is 3.22. The van der Waals surface area contributed by atoms with Gasteiger partial charge in [0.05, 0.1) is 0 Å². The second-order valence-corrected chi connectivity index (χ2v) is 2.80. The Morgan fingerprint density at radius 3 is 2.64 bits per heavy atom. The molecule has 0 aromatic rings. The fourth-order valence-corrected chi connectivity index (χ4v) is 0.906. The number of hydrogen-bond acceptors (Lipinski definition) is 4. The fraction of sp³-hybridized carbons (Fsp3) is 0.333. The Hall–Kier alpha value is -0.810. The number of carboxylic acid groups (broad SMARTS) is 1. The summed E-state index contributed by atoms with van der Waals surface area (Å²) < 4.78 is 0. The predicted octanol–water partition coefficient (Wildman–Crippen LogP) is -0.156. The van der Waals surface area contributed by atoms with Crippen LogP contribution in [0.15, 0.2) is 12.7 Å². The number of rotatable bonds is 4. The van der Waals surface area contributed by atoms with Gasteiger partial charge in [-0.2, -0.15) is 0 Å². The van der Waals surface area contributed by atoms with E-state index < -0.39 is 12.0 Å². The topological polar surface area (TPSA) is 80.4 Å². The summed E-state index contributed by atoms with van der Waals surface area (Å²) in [5, 5.41) is 8.03. The first-order valence-corrected chi connectivity index (χ1v) is 3.84. The number of carbonyl (C=O) groups excluding carboxylic acids is 1. The van der Waals surface area contributed by atoms with Gasteiger partial charge >= 0.3 is 5.97 Å². The quantitative estimate of drug-likeness (QED) is 0.580. The van der Waals surface area contributed by atoms with Crippen molar-refractivity contribution in [2.75, 3.05) is 5.75 Å². The zero-order valence-electron chi connectivity index (χ0n) is 5.82. The minimum absolute atomic E-state index is 0.0835. The Kier molecular flexibility index (Phi) is 4.56. The predicted molar refractivity (Wildman–Crippen MR) is 43.3 cm³/mol.